The van der Waals surface area contributed by atoms with Crippen molar-refractivity contribution >= 4 is 28.5 Å². The molecule has 0 saturated carbocycles. The Kier molecular flexibility index (Phi) is 2.49. The zero-order valence-electron chi connectivity index (χ0n) is 9.76. The van der Waals surface area contributed by atoms with Crippen molar-refractivity contribution in [3.63, 3.8) is 0 Å². The molecule has 3 aromatic rings. The summed E-state index contributed by atoms with van der Waals surface area (Å²) in [4.78, 5) is 25.6. The van der Waals surface area contributed by atoms with E-state index in [-0.39, 0.29) is 5.69 Å². The number of benzene rings is 1. The van der Waals surface area contributed by atoms with Crippen LogP contribution in [-0.4, -0.2) is 19.7 Å². The molecule has 2 heterocycles. The number of hydrogen-bond donors (Lipinski definition) is 3. The zero-order chi connectivity index (χ0) is 13.6. The van der Waals surface area contributed by atoms with Gasteiger partial charge in [0, 0.05) is 23.7 Å². The Balaban J connectivity index is 2.09. The van der Waals surface area contributed by atoms with Gasteiger partial charge in [0.25, 0.3) is 0 Å². The smallest absolute Gasteiger partial charge is 0.408 e. The Labute approximate surface area is 109 Å². The van der Waals surface area contributed by atoms with Crippen LogP contribution in [-0.2, 0) is 7.05 Å². The molecule has 0 bridgehead atoms. The van der Waals surface area contributed by atoms with Crippen LogP contribution in [0.1, 0.15) is 0 Å². The quantitative estimate of drug-likeness (QED) is 0.579. The summed E-state index contributed by atoms with van der Waals surface area (Å²) in [6.45, 7) is 0. The Bertz CT molecular complexity index is 871. The first-order valence-electron chi connectivity index (χ1n) is 5.26. The van der Waals surface area contributed by atoms with Gasteiger partial charge >= 0.3 is 11.4 Å². The molecule has 0 amide bonds. The highest BCUT2D eigenvalue weighted by Gasteiger charge is 2.11. The third-order valence-corrected chi connectivity index (χ3v) is 3.71. The topological polar surface area (TPSA) is 123 Å². The Morgan fingerprint density at radius 3 is 2.89 bits per heavy atom. The van der Waals surface area contributed by atoms with Crippen LogP contribution in [0.2, 0.25) is 0 Å². The maximum Gasteiger partial charge on any atom is 0.417 e. The summed E-state index contributed by atoms with van der Waals surface area (Å²) < 4.78 is 6.27. The normalized spacial score (nSPS) is 11.2. The molecule has 8 nitrogen and oxygen atoms in total. The summed E-state index contributed by atoms with van der Waals surface area (Å²) in [7, 11) is 1.60. The third kappa shape index (κ3) is 1.93. The minimum absolute atomic E-state index is 0.307. The van der Waals surface area contributed by atoms with Crippen LogP contribution >= 0.6 is 11.8 Å². The number of aromatic amines is 2. The lowest BCUT2D eigenvalue weighted by Gasteiger charge is -2.03. The second-order valence-electron chi connectivity index (χ2n) is 3.87. The lowest BCUT2D eigenvalue weighted by Crippen LogP contribution is -2.12. The summed E-state index contributed by atoms with van der Waals surface area (Å²) in [6, 6.07) is 3.24. The van der Waals surface area contributed by atoms with Crippen molar-refractivity contribution in [2.75, 3.05) is 5.73 Å². The van der Waals surface area contributed by atoms with E-state index < -0.39 is 5.76 Å². The number of nitrogens with zero attached hydrogens (tertiary/aromatic N) is 2. The van der Waals surface area contributed by atoms with Gasteiger partial charge in [0.1, 0.15) is 0 Å². The van der Waals surface area contributed by atoms with E-state index in [0.29, 0.717) is 26.8 Å². The number of aromatic nitrogens is 4. The van der Waals surface area contributed by atoms with Crippen molar-refractivity contribution in [3.05, 3.63) is 33.2 Å². The number of hydrogen-bond acceptors (Lipinski definition) is 6. The number of nitrogens with two attached hydrogens (primary N) is 1. The van der Waals surface area contributed by atoms with Crippen LogP contribution in [0.5, 0.6) is 0 Å². The van der Waals surface area contributed by atoms with Crippen LogP contribution in [0.3, 0.4) is 0 Å². The molecule has 0 unspecified atom stereocenters. The average Bonchev–Trinajstić information content (AvgIpc) is 2.85. The largest absolute Gasteiger partial charge is 0.417 e. The molecule has 0 atom stereocenters. The molecule has 0 radical (unpaired) electrons. The van der Waals surface area contributed by atoms with E-state index in [1.807, 2.05) is 0 Å². The summed E-state index contributed by atoms with van der Waals surface area (Å²) in [5, 5.41) is 6.69. The van der Waals surface area contributed by atoms with Crippen LogP contribution in [0.25, 0.3) is 11.1 Å². The first-order valence-corrected chi connectivity index (χ1v) is 6.08. The number of rotatable bonds is 2. The number of fused-ring (bicyclic) bond motifs is 1. The van der Waals surface area contributed by atoms with E-state index in [1.165, 1.54) is 16.3 Å². The molecule has 0 fully saturated rings. The highest BCUT2D eigenvalue weighted by molar-refractivity contribution is 7.99. The van der Waals surface area contributed by atoms with Crippen molar-refractivity contribution in [3.8, 4) is 0 Å². The summed E-state index contributed by atoms with van der Waals surface area (Å²) >= 11 is 1.22. The van der Waals surface area contributed by atoms with Crippen molar-refractivity contribution in [2.24, 2.45) is 7.05 Å². The van der Waals surface area contributed by atoms with Gasteiger partial charge in [-0.2, -0.15) is 0 Å². The van der Waals surface area contributed by atoms with Gasteiger partial charge in [0.05, 0.1) is 5.52 Å². The monoisotopic (exact) mass is 279 g/mol. The predicted molar refractivity (Wildman–Crippen MR) is 69.2 cm³/mol. The molecule has 3 rings (SSSR count). The molecule has 2 aromatic heterocycles. The van der Waals surface area contributed by atoms with Crippen molar-refractivity contribution in [1.29, 1.82) is 0 Å². The lowest BCUT2D eigenvalue weighted by molar-refractivity contribution is 0.555. The number of anilines is 1. The van der Waals surface area contributed by atoms with E-state index in [0.717, 1.165) is 0 Å². The fourth-order valence-corrected chi connectivity index (χ4v) is 2.47. The molecule has 1 aromatic carbocycles. The fourth-order valence-electron chi connectivity index (χ4n) is 1.60. The van der Waals surface area contributed by atoms with E-state index in [2.05, 4.69) is 15.2 Å². The van der Waals surface area contributed by atoms with Gasteiger partial charge in [-0.25, -0.2) is 14.7 Å². The van der Waals surface area contributed by atoms with Gasteiger partial charge in [-0.15, -0.1) is 5.10 Å². The van der Waals surface area contributed by atoms with Crippen molar-refractivity contribution in [2.45, 2.75) is 10.1 Å². The van der Waals surface area contributed by atoms with Gasteiger partial charge in [-0.05, 0) is 17.8 Å². The van der Waals surface area contributed by atoms with Gasteiger partial charge in [-0.1, -0.05) is 0 Å². The summed E-state index contributed by atoms with van der Waals surface area (Å²) in [5.74, 6) is -0.538. The molecule has 9 heteroatoms. The minimum Gasteiger partial charge on any atom is -0.408 e. The Morgan fingerprint density at radius 1 is 1.42 bits per heavy atom. The molecule has 0 aliphatic heterocycles. The van der Waals surface area contributed by atoms with Crippen LogP contribution in [0, 0.1) is 0 Å². The van der Waals surface area contributed by atoms with Gasteiger partial charge in [-0.3, -0.25) is 9.55 Å². The molecule has 0 aliphatic carbocycles. The molecule has 4 N–H and O–H groups in total. The SMILES string of the molecule is Cn1c(Sc2cc3[nH]c(=O)oc3cc2N)n[nH]c1=O. The summed E-state index contributed by atoms with van der Waals surface area (Å²) in [5.41, 5.74) is 6.95. The second kappa shape index (κ2) is 4.05. The first-order chi connectivity index (χ1) is 9.04. The molecular weight excluding hydrogens is 270 g/mol. The van der Waals surface area contributed by atoms with Gasteiger partial charge in [0.15, 0.2) is 10.7 Å². The molecule has 0 aliphatic rings. The van der Waals surface area contributed by atoms with E-state index in [9.17, 15) is 9.59 Å². The maximum absolute atomic E-state index is 11.3. The van der Waals surface area contributed by atoms with E-state index in [1.54, 1.807) is 19.2 Å². The van der Waals surface area contributed by atoms with Crippen LogP contribution < -0.4 is 17.2 Å². The zero-order valence-corrected chi connectivity index (χ0v) is 10.6. The first kappa shape index (κ1) is 11.7. The Hall–Kier alpha value is -2.42. The highest BCUT2D eigenvalue weighted by atomic mass is 32.2. The Morgan fingerprint density at radius 2 is 2.21 bits per heavy atom. The fraction of sp³-hybridized carbons (Fsp3) is 0.100. The van der Waals surface area contributed by atoms with Gasteiger partial charge < -0.3 is 10.2 Å². The van der Waals surface area contributed by atoms with E-state index in [4.69, 9.17) is 10.2 Å². The van der Waals surface area contributed by atoms with Crippen LogP contribution in [0.4, 0.5) is 5.69 Å². The lowest BCUT2D eigenvalue weighted by atomic mass is 10.3. The molecule has 0 spiro atoms. The standard InChI is InChI=1S/C10H9N5O3S/c1-15-8(16)13-14-9(15)19-7-3-5-6(2-4(7)11)18-10(17)12-5/h2-3H,11H2,1H3,(H,12,17)(H,13,16). The summed E-state index contributed by atoms with van der Waals surface area (Å²) in [6.07, 6.45) is 0. The molecule has 0 saturated heterocycles. The number of nitrogen functional groups attached to an aromatic ring is 1. The van der Waals surface area contributed by atoms with Crippen LogP contribution in [0.15, 0.2) is 36.2 Å². The molecular formula is C10H9N5O3S. The minimum atomic E-state index is -0.538. The second-order valence-corrected chi connectivity index (χ2v) is 4.88. The third-order valence-electron chi connectivity index (χ3n) is 2.59. The number of nitrogens with one attached hydrogen (secondary N) is 2. The van der Waals surface area contributed by atoms with E-state index >= 15 is 0 Å². The number of H-pyrrole nitrogens is 2. The van der Waals surface area contributed by atoms with Crippen molar-refractivity contribution < 1.29 is 4.42 Å². The molecule has 19 heavy (non-hydrogen) atoms. The average molecular weight is 279 g/mol. The number of oxazole rings is 1. The molecule has 98 valence electrons. The van der Waals surface area contributed by atoms with Crippen molar-refractivity contribution in [1.82, 2.24) is 19.7 Å². The predicted octanol–water partition coefficient (Wildman–Crippen LogP) is 0.276. The van der Waals surface area contributed by atoms with Gasteiger partial charge in [0.2, 0.25) is 0 Å². The maximum atomic E-state index is 11.3. The highest BCUT2D eigenvalue weighted by Crippen LogP contribution is 2.32.